The molecule has 1 aliphatic heterocycles. The first-order valence-corrected chi connectivity index (χ1v) is 12.1. The van der Waals surface area contributed by atoms with Gasteiger partial charge in [-0.2, -0.15) is 4.80 Å². The lowest BCUT2D eigenvalue weighted by Gasteiger charge is -2.28. The molecular formula is C20H20BrN5O3S. The van der Waals surface area contributed by atoms with Crippen LogP contribution in [0.2, 0.25) is 0 Å². The number of sulfone groups is 1. The zero-order valence-corrected chi connectivity index (χ0v) is 18.5. The van der Waals surface area contributed by atoms with E-state index in [1.807, 2.05) is 54.6 Å². The summed E-state index contributed by atoms with van der Waals surface area (Å²) in [6, 6.07) is 16.7. The number of nitrogens with zero attached hydrogens (tertiary/aromatic N) is 5. The Morgan fingerprint density at radius 1 is 1.13 bits per heavy atom. The standard InChI is InChI=1S/C20H20BrN5O3S/c21-18-9-5-4-8-17(18)20-22-24-26(23-20)13-19(27)25(12-15-6-2-1-3-7-15)16-10-11-30(28,29)14-16/h1-9,16H,10-14H2/t16-/m1/s1. The van der Waals surface area contributed by atoms with Gasteiger partial charge in [0.2, 0.25) is 11.7 Å². The lowest BCUT2D eigenvalue weighted by Crippen LogP contribution is -2.42. The fraction of sp³-hybridized carbons (Fsp3) is 0.300. The van der Waals surface area contributed by atoms with Crippen LogP contribution in [0.3, 0.4) is 0 Å². The Morgan fingerprint density at radius 3 is 2.57 bits per heavy atom. The van der Waals surface area contributed by atoms with E-state index in [4.69, 9.17) is 0 Å². The second-order valence-corrected chi connectivity index (χ2v) is 10.3. The molecule has 8 nitrogen and oxygen atoms in total. The molecule has 0 spiro atoms. The van der Waals surface area contributed by atoms with Gasteiger partial charge in [0, 0.05) is 22.6 Å². The first kappa shape index (κ1) is 20.7. The lowest BCUT2D eigenvalue weighted by molar-refractivity contribution is -0.134. The van der Waals surface area contributed by atoms with Crippen molar-refractivity contribution in [2.45, 2.75) is 25.6 Å². The van der Waals surface area contributed by atoms with Gasteiger partial charge in [-0.15, -0.1) is 10.2 Å². The minimum atomic E-state index is -3.13. The van der Waals surface area contributed by atoms with Crippen LogP contribution >= 0.6 is 15.9 Å². The maximum Gasteiger partial charge on any atom is 0.246 e. The molecule has 0 radical (unpaired) electrons. The third-order valence-corrected chi connectivity index (χ3v) is 7.45. The van der Waals surface area contributed by atoms with Gasteiger partial charge in [-0.05, 0) is 29.3 Å². The molecule has 1 saturated heterocycles. The van der Waals surface area contributed by atoms with Gasteiger partial charge in [-0.3, -0.25) is 4.79 Å². The molecule has 2 aromatic carbocycles. The molecule has 0 aliphatic carbocycles. The number of aromatic nitrogens is 4. The Labute approximate surface area is 182 Å². The Bertz CT molecular complexity index is 1150. The van der Waals surface area contributed by atoms with Crippen LogP contribution in [-0.4, -0.2) is 57.0 Å². The number of amides is 1. The average Bonchev–Trinajstić information content (AvgIpc) is 3.33. The van der Waals surface area contributed by atoms with Gasteiger partial charge in [0.15, 0.2) is 9.84 Å². The summed E-state index contributed by atoms with van der Waals surface area (Å²) in [6.07, 6.45) is 0.438. The van der Waals surface area contributed by atoms with Crippen LogP contribution in [0.15, 0.2) is 59.1 Å². The van der Waals surface area contributed by atoms with E-state index in [1.54, 1.807) is 4.90 Å². The maximum atomic E-state index is 13.1. The fourth-order valence-electron chi connectivity index (χ4n) is 3.49. The number of tetrazole rings is 1. The van der Waals surface area contributed by atoms with Crippen LogP contribution < -0.4 is 0 Å². The summed E-state index contributed by atoms with van der Waals surface area (Å²) in [5.74, 6) is 0.258. The second-order valence-electron chi connectivity index (χ2n) is 7.19. The van der Waals surface area contributed by atoms with Crippen molar-refractivity contribution in [3.63, 3.8) is 0 Å². The van der Waals surface area contributed by atoms with E-state index in [0.29, 0.717) is 18.8 Å². The number of carbonyl (C=O) groups is 1. The molecule has 1 aromatic heterocycles. The summed E-state index contributed by atoms with van der Waals surface area (Å²) in [4.78, 5) is 16.0. The molecular weight excluding hydrogens is 470 g/mol. The van der Waals surface area contributed by atoms with E-state index >= 15 is 0 Å². The van der Waals surface area contributed by atoms with Gasteiger partial charge in [0.1, 0.15) is 6.54 Å². The quantitative estimate of drug-likeness (QED) is 0.526. The molecule has 0 saturated carbocycles. The molecule has 2 heterocycles. The van der Waals surface area contributed by atoms with Crippen molar-refractivity contribution in [3.05, 3.63) is 64.6 Å². The van der Waals surface area contributed by atoms with E-state index in [9.17, 15) is 13.2 Å². The highest BCUT2D eigenvalue weighted by Crippen LogP contribution is 2.24. The third-order valence-electron chi connectivity index (χ3n) is 5.01. The number of hydrogen-bond donors (Lipinski definition) is 0. The summed E-state index contributed by atoms with van der Waals surface area (Å²) in [5, 5.41) is 12.4. The van der Waals surface area contributed by atoms with Crippen LogP contribution in [0.25, 0.3) is 11.4 Å². The van der Waals surface area contributed by atoms with Crippen molar-refractivity contribution in [3.8, 4) is 11.4 Å². The number of hydrogen-bond acceptors (Lipinski definition) is 6. The van der Waals surface area contributed by atoms with Gasteiger partial charge in [0.05, 0.1) is 11.5 Å². The van der Waals surface area contributed by atoms with Gasteiger partial charge < -0.3 is 4.90 Å². The molecule has 1 atom stereocenters. The van der Waals surface area contributed by atoms with E-state index < -0.39 is 9.84 Å². The van der Waals surface area contributed by atoms with Crippen LogP contribution in [0.4, 0.5) is 0 Å². The summed E-state index contributed by atoms with van der Waals surface area (Å²) >= 11 is 3.46. The van der Waals surface area contributed by atoms with Crippen LogP contribution in [0.1, 0.15) is 12.0 Å². The SMILES string of the molecule is O=C(Cn1nnc(-c2ccccc2Br)n1)N(Cc1ccccc1)[C@@H]1CCS(=O)(=O)C1. The van der Waals surface area contributed by atoms with Crippen molar-refractivity contribution < 1.29 is 13.2 Å². The summed E-state index contributed by atoms with van der Waals surface area (Å²) in [5.41, 5.74) is 1.72. The monoisotopic (exact) mass is 489 g/mol. The van der Waals surface area contributed by atoms with Crippen LogP contribution in [-0.2, 0) is 27.7 Å². The highest BCUT2D eigenvalue weighted by Gasteiger charge is 2.35. The fourth-order valence-corrected chi connectivity index (χ4v) is 5.69. The number of halogens is 1. The zero-order chi connectivity index (χ0) is 21.1. The lowest BCUT2D eigenvalue weighted by atomic mass is 10.1. The average molecular weight is 490 g/mol. The Morgan fingerprint density at radius 2 is 1.87 bits per heavy atom. The number of rotatable bonds is 6. The molecule has 0 bridgehead atoms. The summed E-state index contributed by atoms with van der Waals surface area (Å²) < 4.78 is 24.8. The molecule has 10 heteroatoms. The topological polar surface area (TPSA) is 98.1 Å². The molecule has 30 heavy (non-hydrogen) atoms. The minimum absolute atomic E-state index is 0.0153. The van der Waals surface area contributed by atoms with Crippen LogP contribution in [0.5, 0.6) is 0 Å². The van der Waals surface area contributed by atoms with E-state index in [0.717, 1.165) is 15.6 Å². The zero-order valence-electron chi connectivity index (χ0n) is 16.1. The van der Waals surface area contributed by atoms with Gasteiger partial charge >= 0.3 is 0 Å². The Hall–Kier alpha value is -2.59. The highest BCUT2D eigenvalue weighted by atomic mass is 79.9. The molecule has 1 aliphatic rings. The van der Waals surface area contributed by atoms with Crippen molar-refractivity contribution in [2.75, 3.05) is 11.5 Å². The van der Waals surface area contributed by atoms with Crippen LogP contribution in [0, 0.1) is 0 Å². The van der Waals surface area contributed by atoms with Crippen molar-refractivity contribution in [2.24, 2.45) is 0 Å². The summed E-state index contributed by atoms with van der Waals surface area (Å²) in [7, 11) is -3.13. The van der Waals surface area contributed by atoms with Crippen molar-refractivity contribution in [1.82, 2.24) is 25.1 Å². The largest absolute Gasteiger partial charge is 0.333 e. The van der Waals surface area contributed by atoms with E-state index in [1.165, 1.54) is 4.80 Å². The molecule has 4 rings (SSSR count). The second kappa shape index (κ2) is 8.65. The normalized spacial score (nSPS) is 17.7. The minimum Gasteiger partial charge on any atom is -0.333 e. The first-order chi connectivity index (χ1) is 14.4. The number of carbonyl (C=O) groups excluding carboxylic acids is 1. The Kier molecular flexibility index (Phi) is 5.96. The van der Waals surface area contributed by atoms with Gasteiger partial charge in [-0.1, -0.05) is 58.4 Å². The van der Waals surface area contributed by atoms with Crippen molar-refractivity contribution >= 4 is 31.7 Å². The van der Waals surface area contributed by atoms with E-state index in [-0.39, 0.29) is 30.0 Å². The number of benzene rings is 2. The van der Waals surface area contributed by atoms with Gasteiger partial charge in [-0.25, -0.2) is 8.42 Å². The predicted octanol–water partition coefficient (Wildman–Crippen LogP) is 2.32. The predicted molar refractivity (Wildman–Crippen MR) is 115 cm³/mol. The molecule has 1 amide bonds. The Balaban J connectivity index is 1.54. The van der Waals surface area contributed by atoms with Crippen molar-refractivity contribution in [1.29, 1.82) is 0 Å². The summed E-state index contributed by atoms with van der Waals surface area (Å²) in [6.45, 7) is 0.229. The maximum absolute atomic E-state index is 13.1. The smallest absolute Gasteiger partial charge is 0.246 e. The van der Waals surface area contributed by atoms with Gasteiger partial charge in [0.25, 0.3) is 0 Å². The molecule has 3 aromatic rings. The molecule has 0 unspecified atom stereocenters. The molecule has 0 N–H and O–H groups in total. The van der Waals surface area contributed by atoms with E-state index in [2.05, 4.69) is 31.3 Å². The molecule has 156 valence electrons. The first-order valence-electron chi connectivity index (χ1n) is 9.48. The third kappa shape index (κ3) is 4.76. The molecule has 1 fully saturated rings. The highest BCUT2D eigenvalue weighted by molar-refractivity contribution is 9.10.